The first kappa shape index (κ1) is 14.7. The fraction of sp³-hybridized carbons (Fsp3) is 0.818. The molecule has 0 saturated carbocycles. The van der Waals surface area contributed by atoms with Gasteiger partial charge in [0.1, 0.15) is 0 Å². The van der Waals surface area contributed by atoms with E-state index in [1.807, 2.05) is 20.8 Å². The molecule has 0 saturated heterocycles. The van der Waals surface area contributed by atoms with Crippen LogP contribution in [0.2, 0.25) is 0 Å². The van der Waals surface area contributed by atoms with Crippen LogP contribution in [0, 0.1) is 5.92 Å². The van der Waals surface area contributed by atoms with E-state index >= 15 is 0 Å². The minimum Gasteiger partial charge on any atom is -0.481 e. The van der Waals surface area contributed by atoms with E-state index in [-0.39, 0.29) is 18.5 Å². The Morgan fingerprint density at radius 2 is 1.81 bits per heavy atom. The molecule has 1 unspecified atom stereocenters. The lowest BCUT2D eigenvalue weighted by Gasteiger charge is -2.17. The molecule has 0 fully saturated rings. The predicted molar refractivity (Wildman–Crippen MR) is 62.3 cm³/mol. The summed E-state index contributed by atoms with van der Waals surface area (Å²) in [4.78, 5) is 21.5. The van der Waals surface area contributed by atoms with Crippen LogP contribution >= 0.6 is 0 Å². The third-order valence-electron chi connectivity index (χ3n) is 2.46. The average Bonchev–Trinajstić information content (AvgIpc) is 2.16. The van der Waals surface area contributed by atoms with Crippen molar-refractivity contribution < 1.29 is 14.7 Å². The van der Waals surface area contributed by atoms with Crippen molar-refractivity contribution in [1.29, 1.82) is 0 Å². The molecule has 2 amide bonds. The molecule has 0 rings (SSSR count). The molecule has 0 spiro atoms. The second-order valence-electron chi connectivity index (χ2n) is 4.28. The highest BCUT2D eigenvalue weighted by Crippen LogP contribution is 1.99. The number of unbranched alkanes of at least 4 members (excludes halogenated alkanes) is 1. The SMILES string of the molecule is CC(C)C(C)NC(=O)NCCCCC(=O)O. The van der Waals surface area contributed by atoms with Gasteiger partial charge in [-0.2, -0.15) is 0 Å². The van der Waals surface area contributed by atoms with Crippen LogP contribution < -0.4 is 10.6 Å². The Bertz CT molecular complexity index is 229. The first-order valence-corrected chi connectivity index (χ1v) is 5.69. The maximum absolute atomic E-state index is 11.3. The molecule has 3 N–H and O–H groups in total. The highest BCUT2D eigenvalue weighted by atomic mass is 16.4. The molecule has 0 aliphatic carbocycles. The van der Waals surface area contributed by atoms with Gasteiger partial charge in [0, 0.05) is 19.0 Å². The zero-order valence-corrected chi connectivity index (χ0v) is 10.2. The van der Waals surface area contributed by atoms with Gasteiger partial charge in [0.2, 0.25) is 0 Å². The Labute approximate surface area is 96.6 Å². The molecule has 5 heteroatoms. The summed E-state index contributed by atoms with van der Waals surface area (Å²) in [7, 11) is 0. The minimum atomic E-state index is -0.794. The van der Waals surface area contributed by atoms with E-state index in [1.165, 1.54) is 0 Å². The molecular formula is C11H22N2O3. The number of aliphatic carboxylic acids is 1. The van der Waals surface area contributed by atoms with Crippen LogP contribution in [0.1, 0.15) is 40.0 Å². The number of rotatable bonds is 7. The van der Waals surface area contributed by atoms with E-state index in [4.69, 9.17) is 5.11 Å². The van der Waals surface area contributed by atoms with Crippen LogP contribution in [-0.2, 0) is 4.79 Å². The Hall–Kier alpha value is -1.26. The van der Waals surface area contributed by atoms with Gasteiger partial charge in [0.05, 0.1) is 0 Å². The molecule has 0 aliphatic heterocycles. The van der Waals surface area contributed by atoms with Gasteiger partial charge in [-0.25, -0.2) is 4.79 Å². The van der Waals surface area contributed by atoms with Crippen LogP contribution in [0.25, 0.3) is 0 Å². The number of nitrogens with one attached hydrogen (secondary N) is 2. The number of amides is 2. The zero-order valence-electron chi connectivity index (χ0n) is 10.2. The van der Waals surface area contributed by atoms with Crippen molar-refractivity contribution in [2.75, 3.05) is 6.54 Å². The molecule has 0 aromatic heterocycles. The van der Waals surface area contributed by atoms with Gasteiger partial charge in [0.25, 0.3) is 0 Å². The quantitative estimate of drug-likeness (QED) is 0.581. The normalized spacial score (nSPS) is 12.2. The van der Waals surface area contributed by atoms with Crippen LogP contribution in [0.4, 0.5) is 4.79 Å². The molecule has 0 aliphatic rings. The fourth-order valence-electron chi connectivity index (χ4n) is 1.03. The number of hydrogen-bond donors (Lipinski definition) is 3. The summed E-state index contributed by atoms with van der Waals surface area (Å²) in [6.45, 7) is 6.55. The smallest absolute Gasteiger partial charge is 0.315 e. The topological polar surface area (TPSA) is 78.4 Å². The van der Waals surface area contributed by atoms with E-state index in [2.05, 4.69) is 10.6 Å². The molecular weight excluding hydrogens is 208 g/mol. The Morgan fingerprint density at radius 3 is 2.31 bits per heavy atom. The van der Waals surface area contributed by atoms with Gasteiger partial charge >= 0.3 is 12.0 Å². The van der Waals surface area contributed by atoms with E-state index in [1.54, 1.807) is 0 Å². The molecule has 16 heavy (non-hydrogen) atoms. The summed E-state index contributed by atoms with van der Waals surface area (Å²) in [6, 6.07) is -0.0458. The van der Waals surface area contributed by atoms with Crippen molar-refractivity contribution in [3.05, 3.63) is 0 Å². The Morgan fingerprint density at radius 1 is 1.19 bits per heavy atom. The van der Waals surface area contributed by atoms with E-state index in [9.17, 15) is 9.59 Å². The lowest BCUT2D eigenvalue weighted by atomic mass is 10.1. The highest BCUT2D eigenvalue weighted by Gasteiger charge is 2.09. The van der Waals surface area contributed by atoms with Crippen LogP contribution in [0.15, 0.2) is 0 Å². The van der Waals surface area contributed by atoms with Crippen molar-refractivity contribution >= 4 is 12.0 Å². The van der Waals surface area contributed by atoms with Crippen molar-refractivity contribution in [3.63, 3.8) is 0 Å². The maximum atomic E-state index is 11.3. The van der Waals surface area contributed by atoms with Crippen molar-refractivity contribution in [2.24, 2.45) is 5.92 Å². The molecule has 5 nitrogen and oxygen atoms in total. The fourth-order valence-corrected chi connectivity index (χ4v) is 1.03. The second kappa shape index (κ2) is 7.96. The molecule has 0 aromatic carbocycles. The molecule has 0 aromatic rings. The molecule has 0 bridgehead atoms. The van der Waals surface area contributed by atoms with Gasteiger partial charge < -0.3 is 15.7 Å². The largest absolute Gasteiger partial charge is 0.481 e. The van der Waals surface area contributed by atoms with Gasteiger partial charge in [-0.05, 0) is 25.7 Å². The predicted octanol–water partition coefficient (Wildman–Crippen LogP) is 1.59. The summed E-state index contributed by atoms with van der Waals surface area (Å²) < 4.78 is 0. The summed E-state index contributed by atoms with van der Waals surface area (Å²) in [5.41, 5.74) is 0. The Kier molecular flexibility index (Phi) is 7.33. The lowest BCUT2D eigenvalue weighted by Crippen LogP contribution is -2.43. The maximum Gasteiger partial charge on any atom is 0.315 e. The number of carbonyl (C=O) groups excluding carboxylic acids is 1. The summed E-state index contributed by atoms with van der Waals surface area (Å²) in [5.74, 6) is -0.393. The standard InChI is InChI=1S/C11H22N2O3/c1-8(2)9(3)13-11(16)12-7-5-4-6-10(14)15/h8-9H,4-7H2,1-3H3,(H,14,15)(H2,12,13,16). The van der Waals surface area contributed by atoms with Gasteiger partial charge in [-0.3, -0.25) is 4.79 Å². The first-order chi connectivity index (χ1) is 7.43. The Balaban J connectivity index is 3.47. The molecule has 94 valence electrons. The molecule has 0 radical (unpaired) electrons. The molecule has 0 heterocycles. The monoisotopic (exact) mass is 230 g/mol. The average molecular weight is 230 g/mol. The third-order valence-corrected chi connectivity index (χ3v) is 2.46. The van der Waals surface area contributed by atoms with Crippen LogP contribution in [-0.4, -0.2) is 29.7 Å². The summed E-state index contributed by atoms with van der Waals surface area (Å²) in [5, 5.41) is 13.9. The summed E-state index contributed by atoms with van der Waals surface area (Å²) in [6.07, 6.45) is 1.44. The second-order valence-corrected chi connectivity index (χ2v) is 4.28. The van der Waals surface area contributed by atoms with E-state index in [0.717, 1.165) is 0 Å². The van der Waals surface area contributed by atoms with Gasteiger partial charge in [-0.15, -0.1) is 0 Å². The number of carboxylic acid groups (broad SMARTS) is 1. The number of carboxylic acids is 1. The molecule has 1 atom stereocenters. The van der Waals surface area contributed by atoms with Gasteiger partial charge in [0.15, 0.2) is 0 Å². The van der Waals surface area contributed by atoms with E-state index in [0.29, 0.717) is 25.3 Å². The first-order valence-electron chi connectivity index (χ1n) is 5.69. The van der Waals surface area contributed by atoms with Crippen molar-refractivity contribution in [2.45, 2.75) is 46.1 Å². The van der Waals surface area contributed by atoms with Crippen LogP contribution in [0.5, 0.6) is 0 Å². The summed E-state index contributed by atoms with van der Waals surface area (Å²) >= 11 is 0. The zero-order chi connectivity index (χ0) is 12.6. The lowest BCUT2D eigenvalue weighted by molar-refractivity contribution is -0.137. The number of carbonyl (C=O) groups is 2. The highest BCUT2D eigenvalue weighted by molar-refractivity contribution is 5.74. The number of urea groups is 1. The van der Waals surface area contributed by atoms with Gasteiger partial charge in [-0.1, -0.05) is 13.8 Å². The van der Waals surface area contributed by atoms with Crippen molar-refractivity contribution in [1.82, 2.24) is 10.6 Å². The minimum absolute atomic E-state index is 0.138. The third kappa shape index (κ3) is 8.08. The van der Waals surface area contributed by atoms with E-state index < -0.39 is 5.97 Å². The van der Waals surface area contributed by atoms with Crippen LogP contribution in [0.3, 0.4) is 0 Å². The van der Waals surface area contributed by atoms with Crippen molar-refractivity contribution in [3.8, 4) is 0 Å². The number of hydrogen-bond acceptors (Lipinski definition) is 2.